The summed E-state index contributed by atoms with van der Waals surface area (Å²) in [4.78, 5) is 22.6. The SMILES string of the molecule is CN(Cc1ccc(Nc2ncc3c(n2)CNCC3)cc1)C(=O)OC(C)(C)C. The lowest BCUT2D eigenvalue weighted by Gasteiger charge is -2.24. The largest absolute Gasteiger partial charge is 0.444 e. The Hall–Kier alpha value is -2.67. The van der Waals surface area contributed by atoms with Crippen LogP contribution in [-0.4, -0.2) is 40.2 Å². The Kier molecular flexibility index (Phi) is 5.60. The fourth-order valence-corrected chi connectivity index (χ4v) is 2.79. The van der Waals surface area contributed by atoms with Gasteiger partial charge in [-0.2, -0.15) is 0 Å². The van der Waals surface area contributed by atoms with Crippen molar-refractivity contribution in [1.82, 2.24) is 20.2 Å². The molecule has 2 heterocycles. The standard InChI is InChI=1S/C20H27N5O2/c1-20(2,3)27-19(26)25(4)13-14-5-7-16(8-6-14)23-18-22-11-15-9-10-21-12-17(15)24-18/h5-8,11,21H,9-10,12-13H2,1-4H3,(H,22,23,24). The van der Waals surface area contributed by atoms with E-state index in [-0.39, 0.29) is 6.09 Å². The summed E-state index contributed by atoms with van der Waals surface area (Å²) in [5.74, 6) is 0.594. The number of ether oxygens (including phenoxy) is 1. The Morgan fingerprint density at radius 1 is 1.30 bits per heavy atom. The van der Waals surface area contributed by atoms with Crippen molar-refractivity contribution in [2.75, 3.05) is 18.9 Å². The van der Waals surface area contributed by atoms with Gasteiger partial charge in [0.25, 0.3) is 0 Å². The second-order valence-corrected chi connectivity index (χ2v) is 7.75. The fraction of sp³-hybridized carbons (Fsp3) is 0.450. The average Bonchev–Trinajstić information content (AvgIpc) is 2.62. The van der Waals surface area contributed by atoms with E-state index in [1.54, 1.807) is 11.9 Å². The van der Waals surface area contributed by atoms with Crippen LogP contribution in [0.1, 0.15) is 37.6 Å². The van der Waals surface area contributed by atoms with Gasteiger partial charge in [0.05, 0.1) is 5.69 Å². The highest BCUT2D eigenvalue weighted by molar-refractivity contribution is 5.67. The number of carbonyl (C=O) groups excluding carboxylic acids is 1. The first-order valence-corrected chi connectivity index (χ1v) is 9.16. The van der Waals surface area contributed by atoms with Gasteiger partial charge in [-0.25, -0.2) is 14.8 Å². The zero-order valence-electron chi connectivity index (χ0n) is 16.4. The van der Waals surface area contributed by atoms with Gasteiger partial charge in [-0.05, 0) is 57.0 Å². The predicted octanol–water partition coefficient (Wildman–Crippen LogP) is 3.23. The summed E-state index contributed by atoms with van der Waals surface area (Å²) < 4.78 is 5.37. The first-order valence-electron chi connectivity index (χ1n) is 9.16. The maximum absolute atomic E-state index is 12.1. The molecule has 0 atom stereocenters. The molecule has 3 rings (SSSR count). The zero-order valence-corrected chi connectivity index (χ0v) is 16.4. The molecule has 7 heteroatoms. The van der Waals surface area contributed by atoms with Gasteiger partial charge in [-0.15, -0.1) is 0 Å². The third-order valence-corrected chi connectivity index (χ3v) is 4.15. The maximum atomic E-state index is 12.1. The number of nitrogens with zero attached hydrogens (tertiary/aromatic N) is 3. The van der Waals surface area contributed by atoms with E-state index in [2.05, 4.69) is 20.6 Å². The monoisotopic (exact) mass is 369 g/mol. The summed E-state index contributed by atoms with van der Waals surface area (Å²) in [5, 5.41) is 6.55. The first kappa shape index (κ1) is 19.1. The van der Waals surface area contributed by atoms with Crippen LogP contribution < -0.4 is 10.6 Å². The van der Waals surface area contributed by atoms with Crippen molar-refractivity contribution in [1.29, 1.82) is 0 Å². The summed E-state index contributed by atoms with van der Waals surface area (Å²) in [5.41, 5.74) is 3.69. The molecule has 0 saturated heterocycles. The Morgan fingerprint density at radius 2 is 2.04 bits per heavy atom. The molecule has 1 aliphatic rings. The van der Waals surface area contributed by atoms with Crippen molar-refractivity contribution in [3.8, 4) is 0 Å². The lowest BCUT2D eigenvalue weighted by Crippen LogP contribution is -2.33. The molecule has 0 spiro atoms. The van der Waals surface area contributed by atoms with E-state index in [1.807, 2.05) is 51.2 Å². The molecule has 1 aromatic carbocycles. The lowest BCUT2D eigenvalue weighted by molar-refractivity contribution is 0.0285. The molecule has 2 N–H and O–H groups in total. The van der Waals surface area contributed by atoms with Crippen LogP contribution in [0, 0.1) is 0 Å². The van der Waals surface area contributed by atoms with Gasteiger partial charge in [-0.1, -0.05) is 12.1 Å². The van der Waals surface area contributed by atoms with E-state index in [1.165, 1.54) is 5.56 Å². The van der Waals surface area contributed by atoms with Crippen molar-refractivity contribution in [3.05, 3.63) is 47.3 Å². The van der Waals surface area contributed by atoms with E-state index < -0.39 is 5.60 Å². The summed E-state index contributed by atoms with van der Waals surface area (Å²) in [7, 11) is 1.73. The van der Waals surface area contributed by atoms with Crippen LogP contribution in [0.5, 0.6) is 0 Å². The van der Waals surface area contributed by atoms with Gasteiger partial charge < -0.3 is 20.3 Å². The molecule has 0 aliphatic carbocycles. The molecule has 0 radical (unpaired) electrons. The minimum Gasteiger partial charge on any atom is -0.444 e. The van der Waals surface area contributed by atoms with Crippen molar-refractivity contribution >= 4 is 17.7 Å². The van der Waals surface area contributed by atoms with Crippen molar-refractivity contribution in [3.63, 3.8) is 0 Å². The molecule has 1 aromatic heterocycles. The highest BCUT2D eigenvalue weighted by Crippen LogP contribution is 2.18. The van der Waals surface area contributed by atoms with Crippen LogP contribution in [0.15, 0.2) is 30.5 Å². The number of carbonyl (C=O) groups is 1. The minimum atomic E-state index is -0.497. The van der Waals surface area contributed by atoms with Crippen LogP contribution in [0.2, 0.25) is 0 Å². The predicted molar refractivity (Wildman–Crippen MR) is 105 cm³/mol. The third kappa shape index (κ3) is 5.40. The molecule has 144 valence electrons. The summed E-state index contributed by atoms with van der Waals surface area (Å²) in [6.07, 6.45) is 2.53. The maximum Gasteiger partial charge on any atom is 0.410 e. The highest BCUT2D eigenvalue weighted by atomic mass is 16.6. The molecule has 27 heavy (non-hydrogen) atoms. The van der Waals surface area contributed by atoms with Gasteiger partial charge in [0.15, 0.2) is 0 Å². The quantitative estimate of drug-likeness (QED) is 0.861. The normalized spacial score (nSPS) is 13.6. The number of anilines is 2. The van der Waals surface area contributed by atoms with Crippen molar-refractivity contribution < 1.29 is 9.53 Å². The van der Waals surface area contributed by atoms with Crippen LogP contribution >= 0.6 is 0 Å². The van der Waals surface area contributed by atoms with E-state index in [0.717, 1.165) is 36.5 Å². The van der Waals surface area contributed by atoms with E-state index in [4.69, 9.17) is 4.74 Å². The zero-order chi connectivity index (χ0) is 19.4. The van der Waals surface area contributed by atoms with E-state index in [0.29, 0.717) is 12.5 Å². The smallest absolute Gasteiger partial charge is 0.410 e. The molecule has 0 saturated carbocycles. The Morgan fingerprint density at radius 3 is 2.74 bits per heavy atom. The fourth-order valence-electron chi connectivity index (χ4n) is 2.79. The molecular formula is C20H27N5O2. The van der Waals surface area contributed by atoms with Gasteiger partial charge in [0.2, 0.25) is 5.95 Å². The first-order chi connectivity index (χ1) is 12.8. The number of rotatable bonds is 4. The summed E-state index contributed by atoms with van der Waals surface area (Å²) in [6.45, 7) is 7.81. The number of benzene rings is 1. The molecule has 1 amide bonds. The Bertz CT molecular complexity index is 799. The van der Waals surface area contributed by atoms with E-state index >= 15 is 0 Å². The molecule has 0 fully saturated rings. The molecule has 2 aromatic rings. The molecule has 0 unspecified atom stereocenters. The number of amides is 1. The second kappa shape index (κ2) is 7.92. The topological polar surface area (TPSA) is 79.4 Å². The number of hydrogen-bond donors (Lipinski definition) is 2. The highest BCUT2D eigenvalue weighted by Gasteiger charge is 2.19. The van der Waals surface area contributed by atoms with Gasteiger partial charge >= 0.3 is 6.09 Å². The van der Waals surface area contributed by atoms with E-state index in [9.17, 15) is 4.79 Å². The summed E-state index contributed by atoms with van der Waals surface area (Å²) in [6, 6.07) is 7.87. The van der Waals surface area contributed by atoms with Gasteiger partial charge in [0, 0.05) is 32.0 Å². The van der Waals surface area contributed by atoms with Crippen molar-refractivity contribution in [2.24, 2.45) is 0 Å². The summed E-state index contributed by atoms with van der Waals surface area (Å²) >= 11 is 0. The van der Waals surface area contributed by atoms with Gasteiger partial charge in [-0.3, -0.25) is 0 Å². The molecular weight excluding hydrogens is 342 g/mol. The Labute approximate surface area is 160 Å². The Balaban J connectivity index is 1.59. The minimum absolute atomic E-state index is 0.333. The van der Waals surface area contributed by atoms with Crippen LogP contribution in [-0.2, 0) is 24.2 Å². The average molecular weight is 369 g/mol. The number of hydrogen-bond acceptors (Lipinski definition) is 6. The molecule has 0 bridgehead atoms. The van der Waals surface area contributed by atoms with Crippen LogP contribution in [0.4, 0.5) is 16.4 Å². The van der Waals surface area contributed by atoms with Crippen LogP contribution in [0.25, 0.3) is 0 Å². The van der Waals surface area contributed by atoms with Gasteiger partial charge in [0.1, 0.15) is 5.60 Å². The second-order valence-electron chi connectivity index (χ2n) is 7.75. The van der Waals surface area contributed by atoms with Crippen molar-refractivity contribution in [2.45, 2.75) is 45.9 Å². The van der Waals surface area contributed by atoms with Crippen LogP contribution in [0.3, 0.4) is 0 Å². The number of aromatic nitrogens is 2. The number of fused-ring (bicyclic) bond motifs is 1. The third-order valence-electron chi connectivity index (χ3n) is 4.15. The number of nitrogens with one attached hydrogen (secondary N) is 2. The molecule has 7 nitrogen and oxygen atoms in total. The molecule has 1 aliphatic heterocycles. The lowest BCUT2D eigenvalue weighted by atomic mass is 10.1.